The first kappa shape index (κ1) is 15.4. The maximum absolute atomic E-state index is 4.55. The van der Waals surface area contributed by atoms with E-state index in [2.05, 4.69) is 81.0 Å². The maximum atomic E-state index is 4.55. The van der Waals surface area contributed by atoms with Gasteiger partial charge in [-0.15, -0.1) is 0 Å². The average Bonchev–Trinajstić information content (AvgIpc) is 2.45. The van der Waals surface area contributed by atoms with E-state index >= 15 is 0 Å². The molecule has 0 aliphatic heterocycles. The Morgan fingerprint density at radius 3 is 1.22 bits per heavy atom. The lowest BCUT2D eigenvalue weighted by molar-refractivity contribution is 1.13. The summed E-state index contributed by atoms with van der Waals surface area (Å²) in [6, 6.07) is 13.1. The first-order valence-corrected chi connectivity index (χ1v) is 7.93. The van der Waals surface area contributed by atoms with Crippen molar-refractivity contribution in [2.75, 3.05) is 0 Å². The molecule has 0 unspecified atom stereocenters. The fourth-order valence-electron chi connectivity index (χ4n) is 3.26. The summed E-state index contributed by atoms with van der Waals surface area (Å²) in [5.74, 6) is 0. The molecule has 0 saturated carbocycles. The summed E-state index contributed by atoms with van der Waals surface area (Å²) in [5, 5.41) is 0. The van der Waals surface area contributed by atoms with Gasteiger partial charge in [-0.2, -0.15) is 0 Å². The Bertz CT molecular complexity index is 769. The number of aromatic nitrogens is 2. The highest BCUT2D eigenvalue weighted by Crippen LogP contribution is 2.30. The van der Waals surface area contributed by atoms with Gasteiger partial charge in [-0.1, -0.05) is 34.4 Å². The minimum Gasteiger partial charge on any atom is -0.236 e. The van der Waals surface area contributed by atoms with Crippen LogP contribution in [0.15, 0.2) is 42.7 Å². The lowest BCUT2D eigenvalue weighted by atomic mass is 9.97. The summed E-state index contributed by atoms with van der Waals surface area (Å²) in [7, 11) is 0. The van der Waals surface area contributed by atoms with Gasteiger partial charge in [-0.3, -0.25) is 0 Å². The Labute approximate surface area is 138 Å². The molecule has 3 aromatic rings. The largest absolute Gasteiger partial charge is 0.236 e. The molecule has 0 bridgehead atoms. The molecule has 23 heavy (non-hydrogen) atoms. The van der Waals surface area contributed by atoms with E-state index in [9.17, 15) is 0 Å². The third kappa shape index (κ3) is 3.16. The normalized spacial score (nSPS) is 10.8. The number of benzene rings is 2. The van der Waals surface area contributed by atoms with Crippen molar-refractivity contribution < 1.29 is 0 Å². The number of aryl methyl sites for hydroxylation is 4. The van der Waals surface area contributed by atoms with Crippen LogP contribution in [0.3, 0.4) is 0 Å². The molecule has 2 aromatic carbocycles. The number of hydrogen-bond donors (Lipinski definition) is 0. The molecule has 2 nitrogen and oxygen atoms in total. The summed E-state index contributed by atoms with van der Waals surface area (Å²) < 4.78 is 0. The second-order valence-electron chi connectivity index (χ2n) is 6.45. The molecule has 0 aliphatic rings. The monoisotopic (exact) mass is 302 g/mol. The summed E-state index contributed by atoms with van der Waals surface area (Å²) >= 11 is 0. The van der Waals surface area contributed by atoms with Crippen molar-refractivity contribution >= 4 is 0 Å². The van der Waals surface area contributed by atoms with Crippen LogP contribution in [-0.4, -0.2) is 9.97 Å². The van der Waals surface area contributed by atoms with Crippen LogP contribution in [0, 0.1) is 34.6 Å². The van der Waals surface area contributed by atoms with Crippen LogP contribution >= 0.6 is 0 Å². The minimum atomic E-state index is 1.01. The van der Waals surface area contributed by atoms with Gasteiger partial charge in [-0.25, -0.2) is 9.97 Å². The summed E-state index contributed by atoms with van der Waals surface area (Å²) in [5.41, 5.74) is 10.5. The molecule has 1 heterocycles. The molecule has 116 valence electrons. The Kier molecular flexibility index (Phi) is 3.99. The molecule has 0 amide bonds. The molecular formula is C21H22N2. The predicted octanol–water partition coefficient (Wildman–Crippen LogP) is 5.35. The fraction of sp³-hybridized carbons (Fsp3) is 0.238. The van der Waals surface area contributed by atoms with Gasteiger partial charge in [0.25, 0.3) is 0 Å². The van der Waals surface area contributed by atoms with Crippen LogP contribution in [0.25, 0.3) is 22.5 Å². The zero-order valence-corrected chi connectivity index (χ0v) is 14.4. The third-order valence-electron chi connectivity index (χ3n) is 4.07. The smallest absolute Gasteiger partial charge is 0.116 e. The highest BCUT2D eigenvalue weighted by Gasteiger charge is 2.12. The molecule has 0 atom stereocenters. The van der Waals surface area contributed by atoms with Crippen LogP contribution in [0.5, 0.6) is 0 Å². The van der Waals surface area contributed by atoms with E-state index in [1.807, 2.05) is 0 Å². The van der Waals surface area contributed by atoms with Gasteiger partial charge in [0.2, 0.25) is 0 Å². The third-order valence-corrected chi connectivity index (χ3v) is 4.07. The van der Waals surface area contributed by atoms with Crippen LogP contribution in [0.2, 0.25) is 0 Å². The molecule has 0 N–H and O–H groups in total. The van der Waals surface area contributed by atoms with E-state index in [0.29, 0.717) is 0 Å². The van der Waals surface area contributed by atoms with Crippen molar-refractivity contribution in [1.29, 1.82) is 0 Å². The van der Waals surface area contributed by atoms with Crippen LogP contribution in [-0.2, 0) is 0 Å². The molecule has 0 fully saturated rings. The van der Waals surface area contributed by atoms with Crippen LogP contribution in [0.1, 0.15) is 27.8 Å². The summed E-state index contributed by atoms with van der Waals surface area (Å²) in [6.07, 6.45) is 1.67. The van der Waals surface area contributed by atoms with Gasteiger partial charge in [0.15, 0.2) is 0 Å². The van der Waals surface area contributed by atoms with Crippen molar-refractivity contribution in [2.45, 2.75) is 34.6 Å². The molecule has 0 radical (unpaired) electrons. The van der Waals surface area contributed by atoms with Crippen LogP contribution < -0.4 is 0 Å². The summed E-state index contributed by atoms with van der Waals surface area (Å²) in [4.78, 5) is 9.10. The number of rotatable bonds is 2. The van der Waals surface area contributed by atoms with Gasteiger partial charge < -0.3 is 0 Å². The quantitative estimate of drug-likeness (QED) is 0.637. The van der Waals surface area contributed by atoms with Gasteiger partial charge in [-0.05, 0) is 58.9 Å². The van der Waals surface area contributed by atoms with Crippen LogP contribution in [0.4, 0.5) is 0 Å². The Morgan fingerprint density at radius 2 is 0.870 bits per heavy atom. The van der Waals surface area contributed by atoms with Gasteiger partial charge in [0, 0.05) is 16.7 Å². The molecular weight excluding hydrogens is 280 g/mol. The predicted molar refractivity (Wildman–Crippen MR) is 96.6 cm³/mol. The first-order chi connectivity index (χ1) is 10.9. The van der Waals surface area contributed by atoms with Gasteiger partial charge in [0.05, 0.1) is 11.4 Å². The molecule has 0 aliphatic carbocycles. The standard InChI is InChI=1S/C21H22N2/c1-13-6-14(2)9-18(8-13)20-17(5)21(23-12-22-20)19-10-15(3)7-16(4)11-19/h6-12H,1-5H3. The second-order valence-corrected chi connectivity index (χ2v) is 6.45. The van der Waals surface area contributed by atoms with Crippen molar-refractivity contribution in [3.63, 3.8) is 0 Å². The SMILES string of the molecule is Cc1cc(C)cc(-c2ncnc(-c3cc(C)cc(C)c3)c2C)c1. The maximum Gasteiger partial charge on any atom is 0.116 e. The van der Waals surface area contributed by atoms with Gasteiger partial charge >= 0.3 is 0 Å². The van der Waals surface area contributed by atoms with Crippen molar-refractivity contribution in [2.24, 2.45) is 0 Å². The van der Waals surface area contributed by atoms with E-state index in [-0.39, 0.29) is 0 Å². The van der Waals surface area contributed by atoms with Crippen molar-refractivity contribution in [1.82, 2.24) is 9.97 Å². The van der Waals surface area contributed by atoms with E-state index < -0.39 is 0 Å². The zero-order valence-electron chi connectivity index (χ0n) is 14.4. The molecule has 3 rings (SSSR count). The topological polar surface area (TPSA) is 25.8 Å². The first-order valence-electron chi connectivity index (χ1n) is 7.93. The molecule has 0 spiro atoms. The Balaban J connectivity index is 2.18. The lowest BCUT2D eigenvalue weighted by Gasteiger charge is -2.12. The van der Waals surface area contributed by atoms with Crippen molar-refractivity contribution in [3.8, 4) is 22.5 Å². The highest BCUT2D eigenvalue weighted by molar-refractivity contribution is 5.74. The van der Waals surface area contributed by atoms with E-state index in [1.54, 1.807) is 6.33 Å². The van der Waals surface area contributed by atoms with E-state index in [0.717, 1.165) is 28.1 Å². The second kappa shape index (κ2) is 5.96. The Morgan fingerprint density at radius 1 is 0.522 bits per heavy atom. The molecule has 0 saturated heterocycles. The average molecular weight is 302 g/mol. The van der Waals surface area contributed by atoms with Gasteiger partial charge in [0.1, 0.15) is 6.33 Å². The number of hydrogen-bond acceptors (Lipinski definition) is 2. The number of nitrogens with zero attached hydrogens (tertiary/aromatic N) is 2. The van der Waals surface area contributed by atoms with Crippen molar-refractivity contribution in [3.05, 3.63) is 70.5 Å². The lowest BCUT2D eigenvalue weighted by Crippen LogP contribution is -1.97. The van der Waals surface area contributed by atoms with E-state index in [4.69, 9.17) is 0 Å². The molecule has 1 aromatic heterocycles. The van der Waals surface area contributed by atoms with E-state index in [1.165, 1.54) is 22.3 Å². The molecule has 2 heteroatoms. The Hall–Kier alpha value is -2.48. The summed E-state index contributed by atoms with van der Waals surface area (Å²) in [6.45, 7) is 10.6. The highest BCUT2D eigenvalue weighted by atomic mass is 14.8. The minimum absolute atomic E-state index is 1.01. The zero-order chi connectivity index (χ0) is 16.6. The fourth-order valence-corrected chi connectivity index (χ4v) is 3.26.